The minimum Gasteiger partial charge on any atom is -0.335 e. The molecule has 5 nitrogen and oxygen atoms in total. The van der Waals surface area contributed by atoms with Gasteiger partial charge in [0.1, 0.15) is 0 Å². The lowest BCUT2D eigenvalue weighted by atomic mass is 10.2. The van der Waals surface area contributed by atoms with Gasteiger partial charge in [0, 0.05) is 23.0 Å². The summed E-state index contributed by atoms with van der Waals surface area (Å²) in [7, 11) is 0. The zero-order valence-corrected chi connectivity index (χ0v) is 9.90. The average molecular weight is 230 g/mol. The van der Waals surface area contributed by atoms with E-state index in [-0.39, 0.29) is 0 Å². The molecule has 0 spiro atoms. The molecule has 5 heteroatoms. The molecule has 0 radical (unpaired) electrons. The van der Waals surface area contributed by atoms with Gasteiger partial charge in [0.25, 0.3) is 0 Å². The van der Waals surface area contributed by atoms with Crippen LogP contribution in [-0.2, 0) is 0 Å². The molecule has 0 bridgehead atoms. The van der Waals surface area contributed by atoms with Crippen LogP contribution in [0.1, 0.15) is 24.2 Å². The van der Waals surface area contributed by atoms with Gasteiger partial charge in [-0.1, -0.05) is 5.16 Å². The molecular weight excluding hydrogens is 216 g/mol. The monoisotopic (exact) mass is 230 g/mol. The van der Waals surface area contributed by atoms with Crippen molar-refractivity contribution in [3.8, 4) is 11.4 Å². The fraction of sp³-hybridized carbons (Fsp3) is 0.417. The first-order chi connectivity index (χ1) is 8.20. The summed E-state index contributed by atoms with van der Waals surface area (Å²) in [4.78, 5) is 8.65. The minimum atomic E-state index is 0.509. The number of hydrogen-bond acceptors (Lipinski definition) is 5. The van der Waals surface area contributed by atoms with E-state index in [0.29, 0.717) is 17.9 Å². The molecule has 2 aromatic rings. The smallest absolute Gasteiger partial charge is 0.322 e. The Kier molecular flexibility index (Phi) is 2.31. The topological polar surface area (TPSA) is 63.8 Å². The van der Waals surface area contributed by atoms with Crippen molar-refractivity contribution >= 4 is 6.01 Å². The van der Waals surface area contributed by atoms with Crippen molar-refractivity contribution in [2.45, 2.75) is 32.7 Å². The Morgan fingerprint density at radius 3 is 2.53 bits per heavy atom. The Labute approximate surface area is 99.3 Å². The number of hydrogen-bond donors (Lipinski definition) is 1. The van der Waals surface area contributed by atoms with Crippen LogP contribution in [-0.4, -0.2) is 21.2 Å². The van der Waals surface area contributed by atoms with E-state index in [1.807, 2.05) is 26.0 Å². The van der Waals surface area contributed by atoms with Crippen LogP contribution in [0, 0.1) is 13.8 Å². The second kappa shape index (κ2) is 3.84. The maximum absolute atomic E-state index is 5.16. The molecule has 1 saturated carbocycles. The molecule has 0 amide bonds. The van der Waals surface area contributed by atoms with Gasteiger partial charge in [-0.25, -0.2) is 0 Å². The van der Waals surface area contributed by atoms with Gasteiger partial charge >= 0.3 is 6.01 Å². The summed E-state index contributed by atoms with van der Waals surface area (Å²) >= 11 is 0. The molecule has 17 heavy (non-hydrogen) atoms. The van der Waals surface area contributed by atoms with Gasteiger partial charge in [-0.05, 0) is 38.8 Å². The zero-order chi connectivity index (χ0) is 11.8. The van der Waals surface area contributed by atoms with Gasteiger partial charge < -0.3 is 9.84 Å². The molecular formula is C12H14N4O. The van der Waals surface area contributed by atoms with Crippen molar-refractivity contribution in [1.29, 1.82) is 0 Å². The predicted octanol–water partition coefficient (Wildman–Crippen LogP) is 2.32. The first-order valence-corrected chi connectivity index (χ1v) is 5.76. The average Bonchev–Trinajstić information content (AvgIpc) is 2.93. The lowest BCUT2D eigenvalue weighted by Gasteiger charge is -1.99. The van der Waals surface area contributed by atoms with E-state index < -0.39 is 0 Å². The largest absolute Gasteiger partial charge is 0.335 e. The van der Waals surface area contributed by atoms with E-state index in [4.69, 9.17) is 4.52 Å². The highest BCUT2D eigenvalue weighted by atomic mass is 16.5. The summed E-state index contributed by atoms with van der Waals surface area (Å²) in [6.45, 7) is 3.92. The Morgan fingerprint density at radius 2 is 1.88 bits per heavy atom. The van der Waals surface area contributed by atoms with Crippen LogP contribution >= 0.6 is 0 Å². The quantitative estimate of drug-likeness (QED) is 0.876. The number of anilines is 1. The molecule has 0 atom stereocenters. The van der Waals surface area contributed by atoms with E-state index in [9.17, 15) is 0 Å². The first-order valence-electron chi connectivity index (χ1n) is 5.76. The maximum Gasteiger partial charge on any atom is 0.322 e. The molecule has 2 heterocycles. The number of nitrogens with one attached hydrogen (secondary N) is 1. The van der Waals surface area contributed by atoms with Gasteiger partial charge in [-0.2, -0.15) is 4.98 Å². The first kappa shape index (κ1) is 10.3. The lowest BCUT2D eigenvalue weighted by Crippen LogP contribution is -2.00. The maximum atomic E-state index is 5.16. The van der Waals surface area contributed by atoms with Gasteiger partial charge in [0.15, 0.2) is 0 Å². The van der Waals surface area contributed by atoms with Crippen molar-refractivity contribution in [2.24, 2.45) is 0 Å². The molecule has 1 aliphatic carbocycles. The standard InChI is InChI=1S/C12H14N4O/c1-7-5-9(6-8(2)13-7)11-15-12(17-16-11)14-10-3-4-10/h5-6,10H,3-4H2,1-2H3,(H,14,15,16). The Balaban J connectivity index is 1.88. The van der Waals surface area contributed by atoms with E-state index in [1.54, 1.807) is 0 Å². The number of rotatable bonds is 3. The van der Waals surface area contributed by atoms with Gasteiger partial charge in [0.2, 0.25) is 5.82 Å². The third kappa shape index (κ3) is 2.27. The molecule has 0 saturated heterocycles. The highest BCUT2D eigenvalue weighted by Crippen LogP contribution is 2.25. The predicted molar refractivity (Wildman–Crippen MR) is 63.6 cm³/mol. The van der Waals surface area contributed by atoms with Gasteiger partial charge in [-0.15, -0.1) is 0 Å². The molecule has 88 valence electrons. The van der Waals surface area contributed by atoms with Crippen molar-refractivity contribution in [1.82, 2.24) is 15.1 Å². The van der Waals surface area contributed by atoms with Crippen LogP contribution in [0.25, 0.3) is 11.4 Å². The van der Waals surface area contributed by atoms with E-state index in [2.05, 4.69) is 20.4 Å². The third-order valence-electron chi connectivity index (χ3n) is 2.67. The summed E-state index contributed by atoms with van der Waals surface area (Å²) in [6, 6.07) is 4.94. The summed E-state index contributed by atoms with van der Waals surface area (Å²) in [6.07, 6.45) is 2.37. The number of pyridine rings is 1. The van der Waals surface area contributed by atoms with Gasteiger partial charge in [0.05, 0.1) is 0 Å². The normalized spacial score (nSPS) is 14.9. The molecule has 1 N–H and O–H groups in total. The summed E-state index contributed by atoms with van der Waals surface area (Å²) in [5.74, 6) is 0.613. The Hall–Kier alpha value is -1.91. The highest BCUT2D eigenvalue weighted by molar-refractivity contribution is 5.56. The van der Waals surface area contributed by atoms with Crippen LogP contribution in [0.15, 0.2) is 16.7 Å². The highest BCUT2D eigenvalue weighted by Gasteiger charge is 2.23. The van der Waals surface area contributed by atoms with Gasteiger partial charge in [-0.3, -0.25) is 4.98 Å². The third-order valence-corrected chi connectivity index (χ3v) is 2.67. The van der Waals surface area contributed by atoms with Crippen LogP contribution in [0.2, 0.25) is 0 Å². The zero-order valence-electron chi connectivity index (χ0n) is 9.90. The van der Waals surface area contributed by atoms with Crippen LogP contribution in [0.3, 0.4) is 0 Å². The molecule has 0 unspecified atom stereocenters. The fourth-order valence-electron chi connectivity index (χ4n) is 1.77. The number of aryl methyl sites for hydroxylation is 2. The van der Waals surface area contributed by atoms with Crippen LogP contribution in [0.5, 0.6) is 0 Å². The second-order valence-electron chi connectivity index (χ2n) is 4.48. The van der Waals surface area contributed by atoms with Crippen LogP contribution in [0.4, 0.5) is 6.01 Å². The van der Waals surface area contributed by atoms with Crippen molar-refractivity contribution in [3.63, 3.8) is 0 Å². The van der Waals surface area contributed by atoms with Crippen molar-refractivity contribution in [2.75, 3.05) is 5.32 Å². The van der Waals surface area contributed by atoms with Crippen molar-refractivity contribution in [3.05, 3.63) is 23.5 Å². The summed E-state index contributed by atoms with van der Waals surface area (Å²) in [5, 5.41) is 7.15. The van der Waals surface area contributed by atoms with E-state index >= 15 is 0 Å². The lowest BCUT2D eigenvalue weighted by molar-refractivity contribution is 0.432. The summed E-state index contributed by atoms with van der Waals surface area (Å²) < 4.78 is 5.16. The fourth-order valence-corrected chi connectivity index (χ4v) is 1.77. The summed E-state index contributed by atoms with van der Waals surface area (Å²) in [5.41, 5.74) is 2.87. The second-order valence-corrected chi connectivity index (χ2v) is 4.48. The minimum absolute atomic E-state index is 0.509. The van der Waals surface area contributed by atoms with E-state index in [0.717, 1.165) is 17.0 Å². The number of nitrogens with zero attached hydrogens (tertiary/aromatic N) is 3. The Morgan fingerprint density at radius 1 is 1.18 bits per heavy atom. The molecule has 0 aromatic carbocycles. The molecule has 1 aliphatic rings. The van der Waals surface area contributed by atoms with Crippen LogP contribution < -0.4 is 5.32 Å². The number of aromatic nitrogens is 3. The van der Waals surface area contributed by atoms with Crippen molar-refractivity contribution < 1.29 is 4.52 Å². The SMILES string of the molecule is Cc1cc(-c2noc(NC3CC3)n2)cc(C)n1. The Bertz CT molecular complexity index is 525. The van der Waals surface area contributed by atoms with E-state index in [1.165, 1.54) is 12.8 Å². The molecule has 2 aromatic heterocycles. The molecule has 1 fully saturated rings. The molecule has 3 rings (SSSR count). The molecule has 0 aliphatic heterocycles.